The molecule has 0 saturated carbocycles. The van der Waals surface area contributed by atoms with Gasteiger partial charge >= 0.3 is 0 Å². The van der Waals surface area contributed by atoms with Gasteiger partial charge in [-0.15, -0.1) is 11.8 Å². The number of nitriles is 1. The lowest BCUT2D eigenvalue weighted by Crippen LogP contribution is -2.41. The number of piperidine rings is 1. The van der Waals surface area contributed by atoms with Gasteiger partial charge in [0.2, 0.25) is 0 Å². The van der Waals surface area contributed by atoms with Crippen molar-refractivity contribution in [1.29, 1.82) is 5.26 Å². The first-order valence-corrected chi connectivity index (χ1v) is 7.54. The molecular formula is C14H19N3S. The van der Waals surface area contributed by atoms with Crippen LogP contribution in [0.5, 0.6) is 0 Å². The molecule has 0 aromatic heterocycles. The van der Waals surface area contributed by atoms with Crippen molar-refractivity contribution in [2.75, 3.05) is 18.1 Å². The largest absolute Gasteiger partial charge is 0.381 e. The molecule has 0 aliphatic carbocycles. The van der Waals surface area contributed by atoms with Crippen LogP contribution in [0.3, 0.4) is 0 Å². The lowest BCUT2D eigenvalue weighted by atomic mass is 10.00. The van der Waals surface area contributed by atoms with Crippen molar-refractivity contribution in [3.63, 3.8) is 0 Å². The van der Waals surface area contributed by atoms with Gasteiger partial charge in [-0.25, -0.2) is 0 Å². The zero-order valence-corrected chi connectivity index (χ0v) is 11.7. The summed E-state index contributed by atoms with van der Waals surface area (Å²) in [6.45, 7) is 3.25. The number of rotatable bonds is 3. The molecule has 2 atom stereocenters. The number of nitrogens with one attached hydrogen (secondary N) is 2. The highest BCUT2D eigenvalue weighted by atomic mass is 32.2. The number of benzene rings is 1. The van der Waals surface area contributed by atoms with Gasteiger partial charge in [0.05, 0.1) is 11.3 Å². The van der Waals surface area contributed by atoms with Gasteiger partial charge in [-0.05, 0) is 44.7 Å². The number of thioether (sulfide) groups is 1. The molecule has 1 saturated heterocycles. The fourth-order valence-electron chi connectivity index (χ4n) is 2.42. The summed E-state index contributed by atoms with van der Waals surface area (Å²) in [5.41, 5.74) is 1.75. The average Bonchev–Trinajstić information content (AvgIpc) is 2.38. The van der Waals surface area contributed by atoms with E-state index in [1.807, 2.05) is 24.5 Å². The van der Waals surface area contributed by atoms with Crippen LogP contribution in [-0.2, 0) is 0 Å². The minimum atomic E-state index is 0.463. The Bertz CT molecular complexity index is 453. The van der Waals surface area contributed by atoms with Crippen LogP contribution < -0.4 is 10.6 Å². The standard InChI is InChI=1S/C14H19N3S/c1-10-8-11(6-7-16-10)17-13-4-3-5-14(18-2)12(13)9-15/h3-5,10-11,16-17H,6-8H2,1-2H3. The Hall–Kier alpha value is -1.18. The third-order valence-corrected chi connectivity index (χ3v) is 4.12. The molecule has 0 bridgehead atoms. The highest BCUT2D eigenvalue weighted by molar-refractivity contribution is 7.98. The average molecular weight is 261 g/mol. The van der Waals surface area contributed by atoms with Crippen molar-refractivity contribution in [3.8, 4) is 6.07 Å². The Balaban J connectivity index is 2.16. The molecule has 1 heterocycles. The number of anilines is 1. The fraction of sp³-hybridized carbons (Fsp3) is 0.500. The summed E-state index contributed by atoms with van der Waals surface area (Å²) >= 11 is 1.62. The Morgan fingerprint density at radius 2 is 2.33 bits per heavy atom. The molecule has 3 nitrogen and oxygen atoms in total. The van der Waals surface area contributed by atoms with Crippen LogP contribution in [0.4, 0.5) is 5.69 Å². The fourth-order valence-corrected chi connectivity index (χ4v) is 2.99. The van der Waals surface area contributed by atoms with Gasteiger partial charge in [-0.3, -0.25) is 0 Å². The van der Waals surface area contributed by atoms with Gasteiger partial charge in [-0.1, -0.05) is 6.07 Å². The van der Waals surface area contributed by atoms with Crippen LogP contribution >= 0.6 is 11.8 Å². The SMILES string of the molecule is CSc1cccc(NC2CCNC(C)C2)c1C#N. The highest BCUT2D eigenvalue weighted by Gasteiger charge is 2.19. The summed E-state index contributed by atoms with van der Waals surface area (Å²) in [6, 6.07) is 9.34. The van der Waals surface area contributed by atoms with E-state index >= 15 is 0 Å². The summed E-state index contributed by atoms with van der Waals surface area (Å²) in [7, 11) is 0. The van der Waals surface area contributed by atoms with Crippen LogP contribution in [0.15, 0.2) is 23.1 Å². The molecule has 1 fully saturated rings. The lowest BCUT2D eigenvalue weighted by Gasteiger charge is -2.29. The Morgan fingerprint density at radius 3 is 3.00 bits per heavy atom. The summed E-state index contributed by atoms with van der Waals surface area (Å²) < 4.78 is 0. The third kappa shape index (κ3) is 2.98. The second kappa shape index (κ2) is 6.12. The van der Waals surface area contributed by atoms with Crippen molar-refractivity contribution < 1.29 is 0 Å². The minimum Gasteiger partial charge on any atom is -0.381 e. The van der Waals surface area contributed by atoms with E-state index in [4.69, 9.17) is 0 Å². The van der Waals surface area contributed by atoms with E-state index in [2.05, 4.69) is 23.6 Å². The zero-order chi connectivity index (χ0) is 13.0. The number of nitrogens with zero attached hydrogens (tertiary/aromatic N) is 1. The maximum atomic E-state index is 9.30. The zero-order valence-electron chi connectivity index (χ0n) is 10.9. The topological polar surface area (TPSA) is 47.8 Å². The maximum Gasteiger partial charge on any atom is 0.102 e. The van der Waals surface area contributed by atoms with Gasteiger partial charge in [0.25, 0.3) is 0 Å². The highest BCUT2D eigenvalue weighted by Crippen LogP contribution is 2.27. The monoisotopic (exact) mass is 261 g/mol. The number of hydrogen-bond acceptors (Lipinski definition) is 4. The lowest BCUT2D eigenvalue weighted by molar-refractivity contribution is 0.396. The van der Waals surface area contributed by atoms with E-state index in [9.17, 15) is 5.26 Å². The molecule has 0 amide bonds. The first-order chi connectivity index (χ1) is 8.74. The summed E-state index contributed by atoms with van der Waals surface area (Å²) in [4.78, 5) is 1.05. The molecule has 2 unspecified atom stereocenters. The normalized spacial score (nSPS) is 23.4. The van der Waals surface area contributed by atoms with Crippen LogP contribution in [0, 0.1) is 11.3 Å². The predicted molar refractivity (Wildman–Crippen MR) is 77.0 cm³/mol. The molecule has 0 spiro atoms. The van der Waals surface area contributed by atoms with Crippen molar-refractivity contribution in [3.05, 3.63) is 23.8 Å². The van der Waals surface area contributed by atoms with Gasteiger partial charge in [-0.2, -0.15) is 5.26 Å². The van der Waals surface area contributed by atoms with Gasteiger partial charge in [0, 0.05) is 17.0 Å². The molecular weight excluding hydrogens is 242 g/mol. The second-order valence-electron chi connectivity index (χ2n) is 4.72. The third-order valence-electron chi connectivity index (χ3n) is 3.34. The predicted octanol–water partition coefficient (Wildman–Crippen LogP) is 2.83. The minimum absolute atomic E-state index is 0.463. The Labute approximate surface area is 113 Å². The van der Waals surface area contributed by atoms with E-state index < -0.39 is 0 Å². The van der Waals surface area contributed by atoms with Crippen LogP contribution in [0.1, 0.15) is 25.3 Å². The molecule has 18 heavy (non-hydrogen) atoms. The second-order valence-corrected chi connectivity index (χ2v) is 5.56. The quantitative estimate of drug-likeness (QED) is 0.821. The van der Waals surface area contributed by atoms with Crippen LogP contribution in [0.25, 0.3) is 0 Å². The van der Waals surface area contributed by atoms with E-state index in [1.54, 1.807) is 11.8 Å². The molecule has 1 aromatic carbocycles. The van der Waals surface area contributed by atoms with Gasteiger partial charge in [0.1, 0.15) is 6.07 Å². The smallest absolute Gasteiger partial charge is 0.102 e. The van der Waals surface area contributed by atoms with Crippen molar-refractivity contribution in [1.82, 2.24) is 5.32 Å². The van der Waals surface area contributed by atoms with E-state index in [-0.39, 0.29) is 0 Å². The van der Waals surface area contributed by atoms with E-state index in [0.29, 0.717) is 12.1 Å². The van der Waals surface area contributed by atoms with Crippen molar-refractivity contribution >= 4 is 17.4 Å². The van der Waals surface area contributed by atoms with E-state index in [1.165, 1.54) is 0 Å². The first-order valence-electron chi connectivity index (χ1n) is 6.31. The van der Waals surface area contributed by atoms with Crippen LogP contribution in [-0.4, -0.2) is 24.9 Å². The van der Waals surface area contributed by atoms with Gasteiger partial charge in [0.15, 0.2) is 0 Å². The summed E-state index contributed by atoms with van der Waals surface area (Å²) in [5.74, 6) is 0. The molecule has 1 aliphatic rings. The first kappa shape index (κ1) is 13.3. The van der Waals surface area contributed by atoms with Crippen LogP contribution in [0.2, 0.25) is 0 Å². The molecule has 2 rings (SSSR count). The number of hydrogen-bond donors (Lipinski definition) is 2. The summed E-state index contributed by atoms with van der Waals surface area (Å²) in [6.07, 6.45) is 4.22. The molecule has 4 heteroatoms. The molecule has 1 aliphatic heterocycles. The Kier molecular flexibility index (Phi) is 4.51. The van der Waals surface area contributed by atoms with E-state index in [0.717, 1.165) is 35.5 Å². The molecule has 1 aromatic rings. The molecule has 96 valence electrons. The summed E-state index contributed by atoms with van der Waals surface area (Å²) in [5, 5.41) is 16.3. The van der Waals surface area contributed by atoms with Crippen molar-refractivity contribution in [2.24, 2.45) is 0 Å². The molecule has 0 radical (unpaired) electrons. The maximum absolute atomic E-state index is 9.30. The Morgan fingerprint density at radius 1 is 1.50 bits per heavy atom. The van der Waals surface area contributed by atoms with Gasteiger partial charge < -0.3 is 10.6 Å². The van der Waals surface area contributed by atoms with Crippen molar-refractivity contribution in [2.45, 2.75) is 36.7 Å². The molecule has 2 N–H and O–H groups in total.